The molecule has 1 N–H and O–H groups in total. The average molecular weight is 393 g/mol. The number of hydrogen-bond acceptors (Lipinski definition) is 4. The van der Waals surface area contributed by atoms with E-state index in [0.717, 1.165) is 34.3 Å². The summed E-state index contributed by atoms with van der Waals surface area (Å²) in [4.78, 5) is 12.5. The van der Waals surface area contributed by atoms with E-state index < -0.39 is 0 Å². The smallest absolute Gasteiger partial charge is 0.234 e. The molecule has 0 spiro atoms. The van der Waals surface area contributed by atoms with Crippen molar-refractivity contribution >= 4 is 23.4 Å². The zero-order valence-corrected chi connectivity index (χ0v) is 17.0. The van der Waals surface area contributed by atoms with E-state index in [4.69, 9.17) is 0 Å². The van der Waals surface area contributed by atoms with E-state index in [1.165, 1.54) is 30.2 Å². The minimum Gasteiger partial charge on any atom is -0.325 e. The molecule has 0 unspecified atom stereocenters. The monoisotopic (exact) mass is 392 g/mol. The number of carbonyl (C=O) groups excluding carboxylic acids is 1. The van der Waals surface area contributed by atoms with Crippen LogP contribution in [0.5, 0.6) is 0 Å². The molecule has 5 nitrogen and oxygen atoms in total. The number of carbonyl (C=O) groups is 1. The Morgan fingerprint density at radius 1 is 1.14 bits per heavy atom. The van der Waals surface area contributed by atoms with Gasteiger partial charge in [0.05, 0.1) is 12.3 Å². The molecule has 1 aliphatic carbocycles. The Balaban J connectivity index is 1.45. The lowest BCUT2D eigenvalue weighted by Gasteiger charge is -2.11. The van der Waals surface area contributed by atoms with Crippen molar-refractivity contribution in [1.29, 1.82) is 0 Å². The van der Waals surface area contributed by atoms with Crippen LogP contribution in [-0.4, -0.2) is 26.4 Å². The van der Waals surface area contributed by atoms with Gasteiger partial charge in [0.15, 0.2) is 5.16 Å². The van der Waals surface area contributed by atoms with Crippen LogP contribution in [-0.2, 0) is 11.3 Å². The number of thioether (sulfide) groups is 1. The second-order valence-electron chi connectivity index (χ2n) is 7.34. The van der Waals surface area contributed by atoms with Crippen LogP contribution < -0.4 is 5.32 Å². The molecule has 2 aromatic carbocycles. The molecule has 1 heterocycles. The van der Waals surface area contributed by atoms with E-state index in [-0.39, 0.29) is 5.91 Å². The zero-order valence-electron chi connectivity index (χ0n) is 16.2. The van der Waals surface area contributed by atoms with Crippen molar-refractivity contribution < 1.29 is 4.79 Å². The number of anilines is 1. The zero-order chi connectivity index (χ0) is 19.5. The van der Waals surface area contributed by atoms with Gasteiger partial charge in [0.2, 0.25) is 5.91 Å². The summed E-state index contributed by atoms with van der Waals surface area (Å²) in [5.74, 6) is 1.84. The molecule has 4 rings (SSSR count). The molecule has 6 heteroatoms. The molecular formula is C22H24N4OS. The second kappa shape index (κ2) is 8.19. The van der Waals surface area contributed by atoms with E-state index in [0.29, 0.717) is 11.7 Å². The fraction of sp³-hybridized carbons (Fsp3) is 0.318. The summed E-state index contributed by atoms with van der Waals surface area (Å²) < 4.78 is 2.17. The summed E-state index contributed by atoms with van der Waals surface area (Å²) in [6, 6.07) is 16.4. The van der Waals surface area contributed by atoms with Crippen LogP contribution in [0.4, 0.5) is 5.69 Å². The predicted octanol–water partition coefficient (Wildman–Crippen LogP) is 4.55. The van der Waals surface area contributed by atoms with E-state index in [9.17, 15) is 4.79 Å². The summed E-state index contributed by atoms with van der Waals surface area (Å²) >= 11 is 1.45. The highest BCUT2D eigenvalue weighted by Crippen LogP contribution is 2.40. The maximum Gasteiger partial charge on any atom is 0.234 e. The van der Waals surface area contributed by atoms with Gasteiger partial charge < -0.3 is 9.88 Å². The van der Waals surface area contributed by atoms with Gasteiger partial charge in [-0.05, 0) is 49.4 Å². The number of nitrogens with zero attached hydrogens (tertiary/aromatic N) is 3. The Morgan fingerprint density at radius 3 is 2.68 bits per heavy atom. The van der Waals surface area contributed by atoms with Gasteiger partial charge in [0, 0.05) is 11.6 Å². The quantitative estimate of drug-likeness (QED) is 0.599. The van der Waals surface area contributed by atoms with Crippen LogP contribution in [0.15, 0.2) is 53.7 Å². The van der Waals surface area contributed by atoms with Crippen molar-refractivity contribution in [3.8, 4) is 0 Å². The van der Waals surface area contributed by atoms with Gasteiger partial charge in [-0.25, -0.2) is 0 Å². The molecule has 1 aromatic heterocycles. The Labute approximate surface area is 169 Å². The third-order valence-electron chi connectivity index (χ3n) is 4.87. The van der Waals surface area contributed by atoms with E-state index in [1.807, 2.05) is 50.2 Å². The SMILES string of the molecule is Cc1ccc(C)c(NC(=O)CSc2nnc(C3CC3)n2Cc2ccccc2)c1. The largest absolute Gasteiger partial charge is 0.325 e. The number of hydrogen-bond donors (Lipinski definition) is 1. The highest BCUT2D eigenvalue weighted by atomic mass is 32.2. The summed E-state index contributed by atoms with van der Waals surface area (Å²) in [5.41, 5.74) is 4.28. The Kier molecular flexibility index (Phi) is 5.48. The highest BCUT2D eigenvalue weighted by Gasteiger charge is 2.30. The Bertz CT molecular complexity index is 979. The molecule has 28 heavy (non-hydrogen) atoms. The third kappa shape index (κ3) is 4.44. The first-order valence-electron chi connectivity index (χ1n) is 9.57. The topological polar surface area (TPSA) is 59.8 Å². The van der Waals surface area contributed by atoms with Crippen molar-refractivity contribution in [1.82, 2.24) is 14.8 Å². The fourth-order valence-electron chi connectivity index (χ4n) is 3.15. The predicted molar refractivity (Wildman–Crippen MR) is 113 cm³/mol. The first-order valence-corrected chi connectivity index (χ1v) is 10.6. The Hall–Kier alpha value is -2.60. The second-order valence-corrected chi connectivity index (χ2v) is 8.28. The summed E-state index contributed by atoms with van der Waals surface area (Å²) in [6.07, 6.45) is 2.34. The maximum absolute atomic E-state index is 12.5. The lowest BCUT2D eigenvalue weighted by Crippen LogP contribution is -2.16. The highest BCUT2D eigenvalue weighted by molar-refractivity contribution is 7.99. The van der Waals surface area contributed by atoms with E-state index in [2.05, 4.69) is 32.2 Å². The molecule has 0 saturated heterocycles. The van der Waals surface area contributed by atoms with Crippen LogP contribution in [0.2, 0.25) is 0 Å². The van der Waals surface area contributed by atoms with Crippen LogP contribution >= 0.6 is 11.8 Å². The van der Waals surface area contributed by atoms with E-state index >= 15 is 0 Å². The molecular weight excluding hydrogens is 368 g/mol. The number of aromatic nitrogens is 3. The van der Waals surface area contributed by atoms with Crippen molar-refractivity contribution in [2.45, 2.75) is 44.3 Å². The molecule has 1 fully saturated rings. The van der Waals surface area contributed by atoms with Crippen molar-refractivity contribution in [2.75, 3.05) is 11.1 Å². The number of nitrogens with one attached hydrogen (secondary N) is 1. The molecule has 1 aliphatic rings. The number of aryl methyl sites for hydroxylation is 2. The van der Waals surface area contributed by atoms with Gasteiger partial charge in [-0.3, -0.25) is 4.79 Å². The first-order chi connectivity index (χ1) is 13.6. The number of rotatable bonds is 7. The first kappa shape index (κ1) is 18.7. The lowest BCUT2D eigenvalue weighted by molar-refractivity contribution is -0.113. The molecule has 144 valence electrons. The van der Waals surface area contributed by atoms with Crippen LogP contribution in [0.3, 0.4) is 0 Å². The summed E-state index contributed by atoms with van der Waals surface area (Å²) in [6.45, 7) is 4.76. The minimum absolute atomic E-state index is 0.0269. The molecule has 0 bridgehead atoms. The molecule has 0 radical (unpaired) electrons. The Morgan fingerprint density at radius 2 is 1.93 bits per heavy atom. The molecule has 1 saturated carbocycles. The van der Waals surface area contributed by atoms with Crippen molar-refractivity contribution in [3.05, 3.63) is 71.0 Å². The van der Waals surface area contributed by atoms with Gasteiger partial charge >= 0.3 is 0 Å². The molecule has 3 aromatic rings. The van der Waals surface area contributed by atoms with Crippen LogP contribution in [0.25, 0.3) is 0 Å². The molecule has 0 aliphatic heterocycles. The standard InChI is InChI=1S/C22H24N4OS/c1-15-8-9-16(2)19(12-15)23-20(27)14-28-22-25-24-21(18-10-11-18)26(22)13-17-6-4-3-5-7-17/h3-9,12,18H,10-11,13-14H2,1-2H3,(H,23,27). The van der Waals surface area contributed by atoms with Gasteiger partial charge in [0.25, 0.3) is 0 Å². The lowest BCUT2D eigenvalue weighted by atomic mass is 10.1. The van der Waals surface area contributed by atoms with Crippen molar-refractivity contribution in [2.24, 2.45) is 0 Å². The van der Waals surface area contributed by atoms with Gasteiger partial charge in [-0.15, -0.1) is 10.2 Å². The minimum atomic E-state index is -0.0269. The van der Waals surface area contributed by atoms with Gasteiger partial charge in [-0.2, -0.15) is 0 Å². The average Bonchev–Trinajstić information content (AvgIpc) is 3.46. The number of benzene rings is 2. The normalized spacial score (nSPS) is 13.5. The van der Waals surface area contributed by atoms with E-state index in [1.54, 1.807) is 0 Å². The molecule has 0 atom stereocenters. The third-order valence-corrected chi connectivity index (χ3v) is 5.84. The molecule has 1 amide bonds. The van der Waals surface area contributed by atoms with Crippen molar-refractivity contribution in [3.63, 3.8) is 0 Å². The summed E-state index contributed by atoms with van der Waals surface area (Å²) in [5, 5.41) is 12.6. The van der Waals surface area contributed by atoms with Gasteiger partial charge in [-0.1, -0.05) is 54.2 Å². The fourth-order valence-corrected chi connectivity index (χ4v) is 3.90. The van der Waals surface area contributed by atoms with Crippen LogP contribution in [0.1, 0.15) is 41.3 Å². The number of amides is 1. The summed E-state index contributed by atoms with van der Waals surface area (Å²) in [7, 11) is 0. The maximum atomic E-state index is 12.5. The van der Waals surface area contributed by atoms with Gasteiger partial charge in [0.1, 0.15) is 5.82 Å². The van der Waals surface area contributed by atoms with Crippen LogP contribution in [0, 0.1) is 13.8 Å².